The van der Waals surface area contributed by atoms with Crippen molar-refractivity contribution in [2.75, 3.05) is 13.1 Å². The van der Waals surface area contributed by atoms with Crippen LogP contribution in [0.1, 0.15) is 6.42 Å². The minimum atomic E-state index is -0.638. The van der Waals surface area contributed by atoms with Gasteiger partial charge in [-0.2, -0.15) is 0 Å². The van der Waals surface area contributed by atoms with E-state index >= 15 is 0 Å². The Morgan fingerprint density at radius 1 is 1.00 bits per heavy atom. The Morgan fingerprint density at radius 2 is 1.36 bits per heavy atom. The van der Waals surface area contributed by atoms with Crippen molar-refractivity contribution >= 4 is 12.1 Å². The van der Waals surface area contributed by atoms with Crippen LogP contribution in [0.4, 0.5) is 9.59 Å². The van der Waals surface area contributed by atoms with Crippen LogP contribution in [-0.4, -0.2) is 35.2 Å². The molecular weight excluding hydrogens is 148 g/mol. The molecule has 1 aliphatic rings. The number of hydrazine groups is 1. The molecule has 0 spiro atoms. The summed E-state index contributed by atoms with van der Waals surface area (Å²) in [6, 6.07) is -1.28. The van der Waals surface area contributed by atoms with E-state index < -0.39 is 12.1 Å². The summed E-state index contributed by atoms with van der Waals surface area (Å²) in [5, 5.41) is 2.28. The monoisotopic (exact) mass is 158 g/mol. The lowest BCUT2D eigenvalue weighted by molar-refractivity contribution is 0.0975. The normalized spacial score (nSPS) is 17.1. The number of rotatable bonds is 0. The highest BCUT2D eigenvalue weighted by molar-refractivity contribution is 5.78. The maximum absolute atomic E-state index is 10.6. The van der Waals surface area contributed by atoms with Crippen molar-refractivity contribution in [3.05, 3.63) is 0 Å². The van der Waals surface area contributed by atoms with Gasteiger partial charge in [-0.25, -0.2) is 19.6 Å². The molecule has 6 nitrogen and oxygen atoms in total. The fraction of sp³-hybridized carbons (Fsp3) is 0.600. The Hall–Kier alpha value is -1.46. The average molecular weight is 158 g/mol. The van der Waals surface area contributed by atoms with Crippen LogP contribution in [0.25, 0.3) is 0 Å². The molecule has 1 fully saturated rings. The summed E-state index contributed by atoms with van der Waals surface area (Å²) >= 11 is 0. The van der Waals surface area contributed by atoms with Gasteiger partial charge in [0.2, 0.25) is 0 Å². The smallest absolute Gasteiger partial charge is 0.333 e. The molecule has 1 heterocycles. The molecule has 6 heteroatoms. The minimum absolute atomic E-state index is 0.471. The first-order chi connectivity index (χ1) is 5.13. The summed E-state index contributed by atoms with van der Waals surface area (Å²) in [5.74, 6) is 0. The molecule has 1 rings (SSSR count). The van der Waals surface area contributed by atoms with Crippen LogP contribution in [0, 0.1) is 0 Å². The second-order valence-electron chi connectivity index (χ2n) is 2.28. The Kier molecular flexibility index (Phi) is 1.84. The Morgan fingerprint density at radius 3 is 1.64 bits per heavy atom. The lowest BCUT2D eigenvalue weighted by Gasteiger charge is -2.23. The van der Waals surface area contributed by atoms with E-state index in [2.05, 4.69) is 0 Å². The zero-order valence-corrected chi connectivity index (χ0v) is 5.99. The molecule has 0 aromatic carbocycles. The molecule has 0 radical (unpaired) electrons. The van der Waals surface area contributed by atoms with Gasteiger partial charge >= 0.3 is 12.1 Å². The fourth-order valence-corrected chi connectivity index (χ4v) is 1.07. The maximum Gasteiger partial charge on any atom is 0.333 e. The first-order valence-electron chi connectivity index (χ1n) is 3.27. The van der Waals surface area contributed by atoms with Gasteiger partial charge < -0.3 is 11.5 Å². The van der Waals surface area contributed by atoms with Gasteiger partial charge in [0, 0.05) is 13.1 Å². The van der Waals surface area contributed by atoms with E-state index in [1.807, 2.05) is 0 Å². The maximum atomic E-state index is 10.6. The van der Waals surface area contributed by atoms with Crippen molar-refractivity contribution < 1.29 is 9.59 Å². The third kappa shape index (κ3) is 1.34. The van der Waals surface area contributed by atoms with Crippen LogP contribution in [0.3, 0.4) is 0 Å². The van der Waals surface area contributed by atoms with Gasteiger partial charge in [-0.3, -0.25) is 0 Å². The molecule has 0 atom stereocenters. The molecule has 0 aromatic rings. The number of amides is 4. The van der Waals surface area contributed by atoms with Crippen molar-refractivity contribution in [3.63, 3.8) is 0 Å². The number of hydrogen-bond acceptors (Lipinski definition) is 2. The predicted molar refractivity (Wildman–Crippen MR) is 37.2 cm³/mol. The number of primary amides is 2. The second-order valence-corrected chi connectivity index (χ2v) is 2.28. The van der Waals surface area contributed by atoms with Gasteiger partial charge in [0.05, 0.1) is 0 Å². The summed E-state index contributed by atoms with van der Waals surface area (Å²) in [5.41, 5.74) is 9.93. The number of carbonyl (C=O) groups excluding carboxylic acids is 2. The molecule has 62 valence electrons. The van der Waals surface area contributed by atoms with Gasteiger partial charge in [-0.1, -0.05) is 0 Å². The molecule has 1 saturated heterocycles. The second kappa shape index (κ2) is 2.65. The summed E-state index contributed by atoms with van der Waals surface area (Å²) in [6.45, 7) is 0.941. The van der Waals surface area contributed by atoms with Gasteiger partial charge in [-0.05, 0) is 6.42 Å². The molecule has 0 aromatic heterocycles. The van der Waals surface area contributed by atoms with E-state index in [0.717, 1.165) is 16.4 Å². The van der Waals surface area contributed by atoms with E-state index in [0.29, 0.717) is 13.1 Å². The topological polar surface area (TPSA) is 92.7 Å². The molecule has 4 amide bonds. The number of hydrogen-bond donors (Lipinski definition) is 2. The first kappa shape index (κ1) is 7.64. The SMILES string of the molecule is NC(=O)N1CCCN1C(N)=O. The van der Waals surface area contributed by atoms with Crippen LogP contribution in [0.15, 0.2) is 0 Å². The fourth-order valence-electron chi connectivity index (χ4n) is 1.07. The molecule has 4 N–H and O–H groups in total. The quantitative estimate of drug-likeness (QED) is 0.476. The van der Waals surface area contributed by atoms with Crippen LogP contribution < -0.4 is 11.5 Å². The zero-order chi connectivity index (χ0) is 8.43. The molecule has 0 saturated carbocycles. The first-order valence-corrected chi connectivity index (χ1v) is 3.27. The van der Waals surface area contributed by atoms with E-state index in [1.165, 1.54) is 0 Å². The predicted octanol–water partition coefficient (Wildman–Crippen LogP) is -0.933. The third-order valence-electron chi connectivity index (χ3n) is 1.54. The summed E-state index contributed by atoms with van der Waals surface area (Å²) in [6.07, 6.45) is 0.728. The molecule has 1 aliphatic heterocycles. The molecule has 0 unspecified atom stereocenters. The standard InChI is InChI=1S/C5H10N4O2/c6-4(10)8-2-1-3-9(8)5(7)11/h1-3H2,(H2,6,10)(H2,7,11). The van der Waals surface area contributed by atoms with E-state index in [9.17, 15) is 9.59 Å². The van der Waals surface area contributed by atoms with Gasteiger partial charge in [-0.15, -0.1) is 0 Å². The summed E-state index contributed by atoms with van der Waals surface area (Å²) < 4.78 is 0. The van der Waals surface area contributed by atoms with Crippen molar-refractivity contribution in [3.8, 4) is 0 Å². The number of nitrogens with two attached hydrogens (primary N) is 2. The average Bonchev–Trinajstić information content (AvgIpc) is 2.32. The molecule has 11 heavy (non-hydrogen) atoms. The van der Waals surface area contributed by atoms with Gasteiger partial charge in [0.1, 0.15) is 0 Å². The van der Waals surface area contributed by atoms with Crippen LogP contribution in [0.5, 0.6) is 0 Å². The van der Waals surface area contributed by atoms with E-state index in [4.69, 9.17) is 11.5 Å². The molecule has 0 bridgehead atoms. The van der Waals surface area contributed by atoms with Crippen LogP contribution >= 0.6 is 0 Å². The molecular formula is C5H10N4O2. The molecule has 0 aliphatic carbocycles. The van der Waals surface area contributed by atoms with Gasteiger partial charge in [0.25, 0.3) is 0 Å². The number of urea groups is 2. The van der Waals surface area contributed by atoms with Crippen molar-refractivity contribution in [2.45, 2.75) is 6.42 Å². The Bertz CT molecular complexity index is 173. The largest absolute Gasteiger partial charge is 0.350 e. The Balaban J connectivity index is 2.65. The van der Waals surface area contributed by atoms with Crippen molar-refractivity contribution in [1.82, 2.24) is 10.0 Å². The highest BCUT2D eigenvalue weighted by Gasteiger charge is 2.27. The summed E-state index contributed by atoms with van der Waals surface area (Å²) in [4.78, 5) is 21.2. The van der Waals surface area contributed by atoms with Crippen LogP contribution in [0.2, 0.25) is 0 Å². The zero-order valence-electron chi connectivity index (χ0n) is 5.99. The number of nitrogens with zero attached hydrogens (tertiary/aromatic N) is 2. The van der Waals surface area contributed by atoms with E-state index in [-0.39, 0.29) is 0 Å². The highest BCUT2D eigenvalue weighted by atomic mass is 16.2. The lowest BCUT2D eigenvalue weighted by Crippen LogP contribution is -2.49. The van der Waals surface area contributed by atoms with Crippen molar-refractivity contribution in [2.24, 2.45) is 11.5 Å². The lowest BCUT2D eigenvalue weighted by atomic mass is 10.5. The van der Waals surface area contributed by atoms with E-state index in [1.54, 1.807) is 0 Å². The van der Waals surface area contributed by atoms with Gasteiger partial charge in [0.15, 0.2) is 0 Å². The highest BCUT2D eigenvalue weighted by Crippen LogP contribution is 2.08. The number of carbonyl (C=O) groups is 2. The summed E-state index contributed by atoms with van der Waals surface area (Å²) in [7, 11) is 0. The van der Waals surface area contributed by atoms with Crippen molar-refractivity contribution in [1.29, 1.82) is 0 Å². The van der Waals surface area contributed by atoms with Crippen LogP contribution in [-0.2, 0) is 0 Å². The third-order valence-corrected chi connectivity index (χ3v) is 1.54. The minimum Gasteiger partial charge on any atom is -0.350 e. The Labute approximate surface area is 63.7 Å².